The van der Waals surface area contributed by atoms with E-state index in [0.717, 1.165) is 5.92 Å². The van der Waals surface area contributed by atoms with Crippen LogP contribution in [-0.4, -0.2) is 0 Å². The van der Waals surface area contributed by atoms with Gasteiger partial charge in [0, 0.05) is 0 Å². The van der Waals surface area contributed by atoms with Gasteiger partial charge in [-0.25, -0.2) is 0 Å². The Balaban J connectivity index is -0.000000157. The van der Waals surface area contributed by atoms with Crippen molar-refractivity contribution in [3.63, 3.8) is 0 Å². The quantitative estimate of drug-likeness (QED) is 0.339. The van der Waals surface area contributed by atoms with Crippen molar-refractivity contribution in [3.05, 3.63) is 12.2 Å². The summed E-state index contributed by atoms with van der Waals surface area (Å²) in [4.78, 5) is 0. The first kappa shape index (κ1) is 28.8. The Labute approximate surface area is 138 Å². The highest BCUT2D eigenvalue weighted by molar-refractivity contribution is 4.90. The molecule has 0 N–H and O–H groups in total. The average molecular weight is 301 g/mol. The zero-order chi connectivity index (χ0) is 16.1. The SMILES string of the molecule is C.CC.CC.CCC.CCCCCC/C=C/C1CCCC1. The maximum Gasteiger partial charge on any atom is -0.0234 e. The first-order valence-electron chi connectivity index (χ1n) is 9.51. The van der Waals surface area contributed by atoms with Crippen LogP contribution in [0.4, 0.5) is 0 Å². The molecule has 1 rings (SSSR count). The van der Waals surface area contributed by atoms with Crippen LogP contribution in [-0.2, 0) is 0 Å². The molecule has 0 nitrogen and oxygen atoms in total. The first-order chi connectivity index (χ1) is 9.85. The predicted octanol–water partition coefficient (Wildman–Crippen LogP) is 8.81. The van der Waals surface area contributed by atoms with Gasteiger partial charge in [-0.05, 0) is 31.6 Å². The molecule has 0 aliphatic heterocycles. The Morgan fingerprint density at radius 1 is 0.810 bits per heavy atom. The number of rotatable bonds is 6. The van der Waals surface area contributed by atoms with Crippen molar-refractivity contribution < 1.29 is 0 Å². The minimum atomic E-state index is 0. The van der Waals surface area contributed by atoms with Gasteiger partial charge in [0.2, 0.25) is 0 Å². The highest BCUT2D eigenvalue weighted by Gasteiger charge is 2.10. The molecule has 1 aliphatic carbocycles. The van der Waals surface area contributed by atoms with E-state index < -0.39 is 0 Å². The molecule has 0 amide bonds. The second-order valence-corrected chi connectivity index (χ2v) is 5.03. The third-order valence-corrected chi connectivity index (χ3v) is 3.03. The monoisotopic (exact) mass is 300 g/mol. The number of hydrogen-bond acceptors (Lipinski definition) is 0. The normalized spacial score (nSPS) is 13.1. The summed E-state index contributed by atoms with van der Waals surface area (Å²) in [6.07, 6.45) is 18.9. The molecule has 0 radical (unpaired) electrons. The minimum Gasteiger partial charge on any atom is -0.0883 e. The number of hydrogen-bond donors (Lipinski definition) is 0. The third-order valence-electron chi connectivity index (χ3n) is 3.03. The van der Waals surface area contributed by atoms with Gasteiger partial charge in [-0.3, -0.25) is 0 Å². The number of unbranched alkanes of at least 4 members (excludes halogenated alkanes) is 4. The van der Waals surface area contributed by atoms with E-state index in [1.54, 1.807) is 0 Å². The zero-order valence-corrected chi connectivity index (χ0v) is 15.8. The van der Waals surface area contributed by atoms with Gasteiger partial charge in [-0.1, -0.05) is 107 Å². The third kappa shape index (κ3) is 28.6. The van der Waals surface area contributed by atoms with Crippen LogP contribution >= 0.6 is 0 Å². The molecule has 0 unspecified atom stereocenters. The van der Waals surface area contributed by atoms with Crippen molar-refractivity contribution in [3.8, 4) is 0 Å². The van der Waals surface area contributed by atoms with Gasteiger partial charge >= 0.3 is 0 Å². The highest BCUT2D eigenvalue weighted by atomic mass is 14.2. The second kappa shape index (κ2) is 31.9. The maximum absolute atomic E-state index is 2.47. The van der Waals surface area contributed by atoms with Crippen LogP contribution in [0.25, 0.3) is 0 Å². The smallest absolute Gasteiger partial charge is 0.0234 e. The molecule has 0 aromatic rings. The molecule has 132 valence electrons. The van der Waals surface area contributed by atoms with Gasteiger partial charge in [-0.2, -0.15) is 0 Å². The number of allylic oxidation sites excluding steroid dienone is 2. The summed E-state index contributed by atoms with van der Waals surface area (Å²) < 4.78 is 0. The van der Waals surface area contributed by atoms with Crippen LogP contribution in [0, 0.1) is 5.92 Å². The summed E-state index contributed by atoms with van der Waals surface area (Å²) in [5.74, 6) is 0.936. The van der Waals surface area contributed by atoms with Gasteiger partial charge < -0.3 is 0 Å². The van der Waals surface area contributed by atoms with Gasteiger partial charge in [0.1, 0.15) is 0 Å². The summed E-state index contributed by atoms with van der Waals surface area (Å²) in [6, 6.07) is 0. The molecule has 0 aromatic carbocycles. The van der Waals surface area contributed by atoms with Crippen molar-refractivity contribution in [2.24, 2.45) is 5.92 Å². The molecule has 0 saturated heterocycles. The summed E-state index contributed by atoms with van der Waals surface area (Å²) in [6.45, 7) is 14.5. The van der Waals surface area contributed by atoms with Crippen molar-refractivity contribution in [1.29, 1.82) is 0 Å². The molecule has 1 saturated carbocycles. The fraction of sp³-hybridized carbons (Fsp3) is 0.905. The lowest BCUT2D eigenvalue weighted by atomic mass is 10.1. The predicted molar refractivity (Wildman–Crippen MR) is 105 cm³/mol. The zero-order valence-electron chi connectivity index (χ0n) is 15.8. The fourth-order valence-corrected chi connectivity index (χ4v) is 2.13. The van der Waals surface area contributed by atoms with E-state index in [-0.39, 0.29) is 7.43 Å². The van der Waals surface area contributed by atoms with E-state index >= 15 is 0 Å². The first-order valence-corrected chi connectivity index (χ1v) is 9.51. The van der Waals surface area contributed by atoms with Crippen molar-refractivity contribution in [2.45, 2.75) is 120 Å². The molecule has 0 heterocycles. The molecule has 0 heteroatoms. The van der Waals surface area contributed by atoms with Gasteiger partial charge in [0.25, 0.3) is 0 Å². The van der Waals surface area contributed by atoms with Crippen LogP contribution in [0.3, 0.4) is 0 Å². The van der Waals surface area contributed by atoms with E-state index in [4.69, 9.17) is 0 Å². The molecule has 0 aromatic heterocycles. The summed E-state index contributed by atoms with van der Waals surface area (Å²) >= 11 is 0. The molecule has 21 heavy (non-hydrogen) atoms. The molecule has 0 bridgehead atoms. The van der Waals surface area contributed by atoms with Crippen molar-refractivity contribution in [2.75, 3.05) is 0 Å². The van der Waals surface area contributed by atoms with Crippen LogP contribution in [0.5, 0.6) is 0 Å². The highest BCUT2D eigenvalue weighted by Crippen LogP contribution is 2.25. The standard InChI is InChI=1S/C13H24.C3H8.2C2H6.CH4/c1-2-3-4-5-6-7-10-13-11-8-9-12-13;1-3-2;2*1-2;/h7,10,13H,2-6,8-9,11-12H2,1H3;3H2,1-2H3;2*1-2H3;1H4/b10-7+;;;;. The van der Waals surface area contributed by atoms with E-state index in [1.165, 1.54) is 64.2 Å². The second-order valence-electron chi connectivity index (χ2n) is 5.03. The summed E-state index contributed by atoms with van der Waals surface area (Å²) in [7, 11) is 0. The molecule has 0 atom stereocenters. The largest absolute Gasteiger partial charge is 0.0883 e. The Kier molecular flexibility index (Phi) is 43.8. The molecular formula is C21H48. The van der Waals surface area contributed by atoms with Crippen LogP contribution < -0.4 is 0 Å². The summed E-state index contributed by atoms with van der Waals surface area (Å²) in [5.41, 5.74) is 0. The Morgan fingerprint density at radius 3 is 1.71 bits per heavy atom. The van der Waals surface area contributed by atoms with E-state index in [1.807, 2.05) is 27.7 Å². The average Bonchev–Trinajstić information content (AvgIpc) is 3.01. The van der Waals surface area contributed by atoms with E-state index in [0.29, 0.717) is 0 Å². The lowest BCUT2D eigenvalue weighted by Gasteiger charge is -1.99. The van der Waals surface area contributed by atoms with E-state index in [2.05, 4.69) is 32.9 Å². The molecule has 1 fully saturated rings. The van der Waals surface area contributed by atoms with E-state index in [9.17, 15) is 0 Å². The van der Waals surface area contributed by atoms with Crippen LogP contribution in [0.15, 0.2) is 12.2 Å². The Hall–Kier alpha value is -0.260. The van der Waals surface area contributed by atoms with Crippen LogP contribution in [0.1, 0.15) is 120 Å². The minimum absolute atomic E-state index is 0. The topological polar surface area (TPSA) is 0 Å². The lowest BCUT2D eigenvalue weighted by Crippen LogP contribution is -1.85. The fourth-order valence-electron chi connectivity index (χ4n) is 2.13. The van der Waals surface area contributed by atoms with Crippen molar-refractivity contribution >= 4 is 0 Å². The van der Waals surface area contributed by atoms with Gasteiger partial charge in [0.05, 0.1) is 0 Å². The summed E-state index contributed by atoms with van der Waals surface area (Å²) in [5, 5.41) is 0. The van der Waals surface area contributed by atoms with Gasteiger partial charge in [0.15, 0.2) is 0 Å². The van der Waals surface area contributed by atoms with Gasteiger partial charge in [-0.15, -0.1) is 0 Å². The molecule has 0 spiro atoms. The van der Waals surface area contributed by atoms with Crippen molar-refractivity contribution in [1.82, 2.24) is 0 Å². The Bertz CT molecular complexity index is 140. The molecule has 1 aliphatic rings. The lowest BCUT2D eigenvalue weighted by molar-refractivity contribution is 0.660. The van der Waals surface area contributed by atoms with Crippen LogP contribution in [0.2, 0.25) is 0 Å². The molecular weight excluding hydrogens is 252 g/mol. The Morgan fingerprint density at radius 2 is 1.29 bits per heavy atom. The maximum atomic E-state index is 2.47.